The number of anilines is 2. The van der Waals surface area contributed by atoms with Gasteiger partial charge < -0.3 is 10.2 Å². The number of aryl methyl sites for hydroxylation is 2. The van der Waals surface area contributed by atoms with Crippen molar-refractivity contribution in [3.05, 3.63) is 46.3 Å². The Kier molecular flexibility index (Phi) is 5.02. The number of para-hydroxylation sites is 1. The number of nitrogens with zero attached hydrogens (tertiary/aromatic N) is 3. The monoisotopic (exact) mass is 398 g/mol. The van der Waals surface area contributed by atoms with Crippen LogP contribution in [0, 0.1) is 19.7 Å². The average Bonchev–Trinajstić information content (AvgIpc) is 3.00. The molecule has 7 heteroatoms. The molecule has 1 aromatic carbocycles. The van der Waals surface area contributed by atoms with Gasteiger partial charge in [0, 0.05) is 12.6 Å². The molecule has 0 spiro atoms. The maximum absolute atomic E-state index is 13.9. The zero-order valence-corrected chi connectivity index (χ0v) is 17.1. The van der Waals surface area contributed by atoms with Crippen LogP contribution in [-0.2, 0) is 0 Å². The van der Waals surface area contributed by atoms with Gasteiger partial charge in [0.1, 0.15) is 22.3 Å². The standard InChI is InChI=1S/C21H23FN4OS/c1-12-8-6-7-11-26(12)19-17-13(2)18(28-21(17)24-14(3)23-19)20(27)25-16-10-5-4-9-15(16)22/h4-5,9-10,12H,6-8,11H2,1-3H3,(H,25,27). The van der Waals surface area contributed by atoms with E-state index in [0.29, 0.717) is 16.7 Å². The van der Waals surface area contributed by atoms with Gasteiger partial charge in [0.2, 0.25) is 0 Å². The van der Waals surface area contributed by atoms with E-state index in [-0.39, 0.29) is 11.6 Å². The maximum Gasteiger partial charge on any atom is 0.266 e. The van der Waals surface area contributed by atoms with E-state index >= 15 is 0 Å². The molecule has 1 fully saturated rings. The van der Waals surface area contributed by atoms with Crippen LogP contribution in [0.15, 0.2) is 24.3 Å². The number of carbonyl (C=O) groups is 1. The molecule has 3 heterocycles. The van der Waals surface area contributed by atoms with Gasteiger partial charge in [-0.25, -0.2) is 14.4 Å². The number of carbonyl (C=O) groups excluding carboxylic acids is 1. The van der Waals surface area contributed by atoms with E-state index in [0.717, 1.165) is 41.0 Å². The Labute approximate surface area is 167 Å². The fourth-order valence-electron chi connectivity index (χ4n) is 3.80. The lowest BCUT2D eigenvalue weighted by atomic mass is 10.0. The average molecular weight is 399 g/mol. The Hall–Kier alpha value is -2.54. The molecular formula is C21H23FN4OS. The predicted octanol–water partition coefficient (Wildman–Crippen LogP) is 5.08. The van der Waals surface area contributed by atoms with Gasteiger partial charge in [0.25, 0.3) is 5.91 Å². The highest BCUT2D eigenvalue weighted by molar-refractivity contribution is 7.20. The summed E-state index contributed by atoms with van der Waals surface area (Å²) < 4.78 is 13.9. The molecule has 0 aliphatic carbocycles. The Morgan fingerprint density at radius 1 is 1.25 bits per heavy atom. The van der Waals surface area contributed by atoms with Crippen LogP contribution in [0.25, 0.3) is 10.2 Å². The Balaban J connectivity index is 1.77. The molecule has 28 heavy (non-hydrogen) atoms. The second-order valence-electron chi connectivity index (χ2n) is 7.30. The molecule has 1 unspecified atom stereocenters. The molecular weight excluding hydrogens is 375 g/mol. The van der Waals surface area contributed by atoms with Gasteiger partial charge in [0.15, 0.2) is 0 Å². The van der Waals surface area contributed by atoms with Gasteiger partial charge in [-0.2, -0.15) is 0 Å². The lowest BCUT2D eigenvalue weighted by Crippen LogP contribution is -2.38. The van der Waals surface area contributed by atoms with Gasteiger partial charge in [-0.05, 0) is 57.7 Å². The van der Waals surface area contributed by atoms with Gasteiger partial charge in [-0.3, -0.25) is 4.79 Å². The Morgan fingerprint density at radius 3 is 2.79 bits per heavy atom. The highest BCUT2D eigenvalue weighted by Gasteiger charge is 2.26. The molecule has 0 bridgehead atoms. The molecule has 1 N–H and O–H groups in total. The molecule has 1 amide bonds. The van der Waals surface area contributed by atoms with E-state index in [2.05, 4.69) is 22.1 Å². The minimum absolute atomic E-state index is 0.177. The third-order valence-electron chi connectivity index (χ3n) is 5.29. The summed E-state index contributed by atoms with van der Waals surface area (Å²) in [6.45, 7) is 6.98. The number of thiophene rings is 1. The second kappa shape index (κ2) is 7.47. The maximum atomic E-state index is 13.9. The normalized spacial score (nSPS) is 17.1. The SMILES string of the molecule is Cc1nc(N2CCCCC2C)c2c(C)c(C(=O)Nc3ccccc3F)sc2n1. The van der Waals surface area contributed by atoms with Gasteiger partial charge in [-0.15, -0.1) is 11.3 Å². The van der Waals surface area contributed by atoms with Gasteiger partial charge >= 0.3 is 0 Å². The first-order chi connectivity index (χ1) is 13.5. The van der Waals surface area contributed by atoms with Crippen molar-refractivity contribution in [3.63, 3.8) is 0 Å². The molecule has 5 nitrogen and oxygen atoms in total. The Morgan fingerprint density at radius 2 is 2.04 bits per heavy atom. The molecule has 146 valence electrons. The number of hydrogen-bond donors (Lipinski definition) is 1. The molecule has 1 aliphatic rings. The first-order valence-electron chi connectivity index (χ1n) is 9.56. The molecule has 0 saturated carbocycles. The van der Waals surface area contributed by atoms with E-state index < -0.39 is 5.82 Å². The third-order valence-corrected chi connectivity index (χ3v) is 6.47. The topological polar surface area (TPSA) is 58.1 Å². The molecule has 1 saturated heterocycles. The first kappa shape index (κ1) is 18.8. The smallest absolute Gasteiger partial charge is 0.266 e. The third kappa shape index (κ3) is 3.35. The summed E-state index contributed by atoms with van der Waals surface area (Å²) in [7, 11) is 0. The van der Waals surface area contributed by atoms with Gasteiger partial charge in [-0.1, -0.05) is 12.1 Å². The highest BCUT2D eigenvalue weighted by atomic mass is 32.1. The lowest BCUT2D eigenvalue weighted by molar-refractivity contribution is 0.102. The molecule has 1 aliphatic heterocycles. The van der Waals surface area contributed by atoms with Crippen molar-refractivity contribution in [1.29, 1.82) is 0 Å². The van der Waals surface area contributed by atoms with E-state index in [1.807, 2.05) is 13.8 Å². The van der Waals surface area contributed by atoms with Crippen molar-refractivity contribution in [1.82, 2.24) is 9.97 Å². The van der Waals surface area contributed by atoms with Crippen LogP contribution in [0.2, 0.25) is 0 Å². The number of nitrogens with one attached hydrogen (secondary N) is 1. The van der Waals surface area contributed by atoms with Crippen LogP contribution >= 0.6 is 11.3 Å². The number of halogens is 1. The van der Waals surface area contributed by atoms with Crippen LogP contribution in [0.4, 0.5) is 15.9 Å². The number of benzene rings is 1. The molecule has 4 rings (SSSR count). The molecule has 1 atom stereocenters. The molecule has 2 aromatic heterocycles. The summed E-state index contributed by atoms with van der Waals surface area (Å²) >= 11 is 1.34. The zero-order valence-electron chi connectivity index (χ0n) is 16.3. The van der Waals surface area contributed by atoms with E-state index in [1.54, 1.807) is 18.2 Å². The summed E-state index contributed by atoms with van der Waals surface area (Å²) in [4.78, 5) is 25.9. The fourth-order valence-corrected chi connectivity index (χ4v) is 4.92. The van der Waals surface area contributed by atoms with Crippen molar-refractivity contribution in [3.8, 4) is 0 Å². The van der Waals surface area contributed by atoms with Crippen LogP contribution in [0.3, 0.4) is 0 Å². The van der Waals surface area contributed by atoms with Crippen molar-refractivity contribution >= 4 is 39.0 Å². The summed E-state index contributed by atoms with van der Waals surface area (Å²) in [5.41, 5.74) is 1.03. The predicted molar refractivity (Wildman–Crippen MR) is 112 cm³/mol. The second-order valence-corrected chi connectivity index (χ2v) is 8.30. The summed E-state index contributed by atoms with van der Waals surface area (Å²) in [6, 6.07) is 6.58. The number of aromatic nitrogens is 2. The van der Waals surface area contributed by atoms with E-state index in [4.69, 9.17) is 4.98 Å². The largest absolute Gasteiger partial charge is 0.353 e. The van der Waals surface area contributed by atoms with Crippen molar-refractivity contribution in [2.75, 3.05) is 16.8 Å². The van der Waals surface area contributed by atoms with Crippen molar-refractivity contribution < 1.29 is 9.18 Å². The van der Waals surface area contributed by atoms with Crippen LogP contribution < -0.4 is 10.2 Å². The van der Waals surface area contributed by atoms with Crippen LogP contribution in [-0.4, -0.2) is 28.5 Å². The van der Waals surface area contributed by atoms with E-state index in [1.165, 1.54) is 23.8 Å². The van der Waals surface area contributed by atoms with E-state index in [9.17, 15) is 9.18 Å². The number of amides is 1. The van der Waals surface area contributed by atoms with Crippen LogP contribution in [0.5, 0.6) is 0 Å². The number of fused-ring (bicyclic) bond motifs is 1. The zero-order chi connectivity index (χ0) is 19.8. The minimum atomic E-state index is -0.451. The van der Waals surface area contributed by atoms with Gasteiger partial charge in [0.05, 0.1) is 16.0 Å². The molecule has 3 aromatic rings. The lowest BCUT2D eigenvalue weighted by Gasteiger charge is -2.35. The summed E-state index contributed by atoms with van der Waals surface area (Å²) in [5, 5.41) is 3.62. The molecule has 0 radical (unpaired) electrons. The quantitative estimate of drug-likeness (QED) is 0.669. The minimum Gasteiger partial charge on any atom is -0.353 e. The number of rotatable bonds is 3. The van der Waals surface area contributed by atoms with Crippen LogP contribution in [0.1, 0.15) is 47.2 Å². The summed E-state index contributed by atoms with van der Waals surface area (Å²) in [5.74, 6) is 0.838. The van der Waals surface area contributed by atoms with Crippen molar-refractivity contribution in [2.45, 2.75) is 46.1 Å². The fraction of sp³-hybridized carbons (Fsp3) is 0.381. The van der Waals surface area contributed by atoms with Crippen molar-refractivity contribution in [2.24, 2.45) is 0 Å². The summed E-state index contributed by atoms with van der Waals surface area (Å²) in [6.07, 6.45) is 3.50. The number of piperidine rings is 1. The first-order valence-corrected chi connectivity index (χ1v) is 10.4. The number of hydrogen-bond acceptors (Lipinski definition) is 5. The highest BCUT2D eigenvalue weighted by Crippen LogP contribution is 2.37. The Bertz CT molecular complexity index is 1050.